The highest BCUT2D eigenvalue weighted by atomic mass is 16.2. The van der Waals surface area contributed by atoms with Gasteiger partial charge in [0.25, 0.3) is 0 Å². The maximum atomic E-state index is 12.1. The number of nitrogens with two attached hydrogens (primary N) is 1. The largest absolute Gasteiger partial charge is 0.338 e. The molecule has 3 unspecified atom stereocenters. The molecule has 1 aliphatic rings. The smallest absolute Gasteiger partial charge is 0.321 e. The molecule has 110 valence electrons. The SMILES string of the molecule is CCNC(=O)NC(=O)C(C)N1C(C)CCCC1CN. The molecule has 3 amide bonds. The van der Waals surface area contributed by atoms with Gasteiger partial charge >= 0.3 is 6.03 Å². The van der Waals surface area contributed by atoms with Crippen LogP contribution in [-0.2, 0) is 4.79 Å². The summed E-state index contributed by atoms with van der Waals surface area (Å²) in [5.74, 6) is -0.266. The van der Waals surface area contributed by atoms with E-state index in [9.17, 15) is 9.59 Å². The van der Waals surface area contributed by atoms with E-state index in [-0.39, 0.29) is 18.0 Å². The second-order valence-corrected chi connectivity index (χ2v) is 5.14. The maximum absolute atomic E-state index is 12.1. The molecule has 4 N–H and O–H groups in total. The van der Waals surface area contributed by atoms with Crippen LogP contribution in [0, 0.1) is 0 Å². The van der Waals surface area contributed by atoms with Crippen molar-refractivity contribution in [2.75, 3.05) is 13.1 Å². The molecular formula is C13H26N4O2. The standard InChI is InChI=1S/C13H26N4O2/c1-4-15-13(19)16-12(18)10(3)17-9(2)6-5-7-11(17)8-14/h9-11H,4-8,14H2,1-3H3,(H2,15,16,18,19). The summed E-state index contributed by atoms with van der Waals surface area (Å²) in [5.41, 5.74) is 5.79. The first-order valence-corrected chi connectivity index (χ1v) is 7.07. The fourth-order valence-electron chi connectivity index (χ4n) is 2.80. The van der Waals surface area contributed by atoms with E-state index in [0.717, 1.165) is 19.3 Å². The number of urea groups is 1. The molecule has 0 radical (unpaired) electrons. The zero-order valence-corrected chi connectivity index (χ0v) is 12.1. The molecule has 1 heterocycles. The number of hydrogen-bond acceptors (Lipinski definition) is 4. The Balaban J connectivity index is 2.65. The lowest BCUT2D eigenvalue weighted by molar-refractivity contribution is -0.127. The van der Waals surface area contributed by atoms with Crippen LogP contribution >= 0.6 is 0 Å². The Hall–Kier alpha value is -1.14. The fourth-order valence-corrected chi connectivity index (χ4v) is 2.80. The second-order valence-electron chi connectivity index (χ2n) is 5.14. The van der Waals surface area contributed by atoms with Crippen LogP contribution in [0.1, 0.15) is 40.0 Å². The van der Waals surface area contributed by atoms with Gasteiger partial charge in [-0.05, 0) is 33.6 Å². The number of rotatable bonds is 4. The number of imide groups is 1. The zero-order valence-electron chi connectivity index (χ0n) is 12.1. The summed E-state index contributed by atoms with van der Waals surface area (Å²) < 4.78 is 0. The van der Waals surface area contributed by atoms with E-state index in [4.69, 9.17) is 5.73 Å². The Morgan fingerprint density at radius 3 is 2.68 bits per heavy atom. The fraction of sp³-hybridized carbons (Fsp3) is 0.846. The zero-order chi connectivity index (χ0) is 14.4. The molecule has 0 aromatic heterocycles. The normalized spacial score (nSPS) is 25.7. The Morgan fingerprint density at radius 2 is 2.11 bits per heavy atom. The van der Waals surface area contributed by atoms with E-state index in [1.54, 1.807) is 0 Å². The van der Waals surface area contributed by atoms with Crippen molar-refractivity contribution in [2.24, 2.45) is 5.73 Å². The predicted molar refractivity (Wildman–Crippen MR) is 74.7 cm³/mol. The molecule has 0 aliphatic carbocycles. The first kappa shape index (κ1) is 15.9. The van der Waals surface area contributed by atoms with Gasteiger partial charge in [-0.25, -0.2) is 4.79 Å². The third-order valence-electron chi connectivity index (χ3n) is 3.76. The van der Waals surface area contributed by atoms with Gasteiger partial charge in [0, 0.05) is 25.2 Å². The van der Waals surface area contributed by atoms with Crippen LogP contribution in [0.5, 0.6) is 0 Å². The summed E-state index contributed by atoms with van der Waals surface area (Å²) in [6.45, 7) is 6.80. The lowest BCUT2D eigenvalue weighted by Gasteiger charge is -2.43. The van der Waals surface area contributed by atoms with Crippen molar-refractivity contribution in [3.05, 3.63) is 0 Å². The van der Waals surface area contributed by atoms with Gasteiger partial charge in [0.1, 0.15) is 0 Å². The molecule has 6 heteroatoms. The molecule has 1 saturated heterocycles. The van der Waals surface area contributed by atoms with E-state index in [0.29, 0.717) is 19.1 Å². The number of piperidine rings is 1. The number of amides is 3. The predicted octanol–water partition coefficient (Wildman–Crippen LogP) is 0.422. The number of carbonyl (C=O) groups excluding carboxylic acids is 2. The molecular weight excluding hydrogens is 244 g/mol. The molecule has 0 spiro atoms. The number of likely N-dealkylation sites (tertiary alicyclic amines) is 1. The molecule has 0 aromatic carbocycles. The number of nitrogens with one attached hydrogen (secondary N) is 2. The van der Waals surface area contributed by atoms with Crippen molar-refractivity contribution >= 4 is 11.9 Å². The van der Waals surface area contributed by atoms with E-state index in [1.165, 1.54) is 0 Å². The van der Waals surface area contributed by atoms with Gasteiger partial charge in [0.15, 0.2) is 0 Å². The van der Waals surface area contributed by atoms with Crippen LogP contribution < -0.4 is 16.4 Å². The van der Waals surface area contributed by atoms with Crippen LogP contribution in [0.25, 0.3) is 0 Å². The number of hydrogen-bond donors (Lipinski definition) is 3. The van der Waals surface area contributed by atoms with E-state index in [2.05, 4.69) is 22.5 Å². The first-order chi connectivity index (χ1) is 9.01. The van der Waals surface area contributed by atoms with Crippen LogP contribution in [0.4, 0.5) is 4.79 Å². The minimum absolute atomic E-state index is 0.221. The van der Waals surface area contributed by atoms with Gasteiger partial charge in [0.05, 0.1) is 6.04 Å². The van der Waals surface area contributed by atoms with Gasteiger partial charge in [-0.1, -0.05) is 6.42 Å². The van der Waals surface area contributed by atoms with Gasteiger partial charge in [-0.15, -0.1) is 0 Å². The molecule has 1 fully saturated rings. The lowest BCUT2D eigenvalue weighted by atomic mass is 9.94. The van der Waals surface area contributed by atoms with Crippen LogP contribution in [0.3, 0.4) is 0 Å². The van der Waals surface area contributed by atoms with E-state index < -0.39 is 6.03 Å². The lowest BCUT2D eigenvalue weighted by Crippen LogP contribution is -2.58. The Labute approximate surface area is 115 Å². The Morgan fingerprint density at radius 1 is 1.42 bits per heavy atom. The minimum atomic E-state index is -0.437. The molecule has 19 heavy (non-hydrogen) atoms. The van der Waals surface area contributed by atoms with Crippen molar-refractivity contribution in [1.29, 1.82) is 0 Å². The summed E-state index contributed by atoms with van der Waals surface area (Å²) in [6.07, 6.45) is 3.22. The van der Waals surface area contributed by atoms with E-state index >= 15 is 0 Å². The summed E-state index contributed by atoms with van der Waals surface area (Å²) in [5, 5.41) is 4.93. The topological polar surface area (TPSA) is 87.5 Å². The highest BCUT2D eigenvalue weighted by molar-refractivity contribution is 5.96. The first-order valence-electron chi connectivity index (χ1n) is 7.07. The van der Waals surface area contributed by atoms with Crippen LogP contribution in [0.2, 0.25) is 0 Å². The third kappa shape index (κ3) is 4.18. The molecule has 6 nitrogen and oxygen atoms in total. The van der Waals surface area contributed by atoms with Gasteiger partial charge in [-0.2, -0.15) is 0 Å². The Kier molecular flexibility index (Phi) is 6.24. The van der Waals surface area contributed by atoms with Gasteiger partial charge in [0.2, 0.25) is 5.91 Å². The highest BCUT2D eigenvalue weighted by Gasteiger charge is 2.34. The number of carbonyl (C=O) groups is 2. The molecule has 0 bridgehead atoms. The summed E-state index contributed by atoms with van der Waals surface area (Å²) in [6, 6.07) is -0.240. The summed E-state index contributed by atoms with van der Waals surface area (Å²) in [4.78, 5) is 25.6. The van der Waals surface area contributed by atoms with Crippen molar-refractivity contribution < 1.29 is 9.59 Å². The van der Waals surface area contributed by atoms with E-state index in [1.807, 2.05) is 13.8 Å². The van der Waals surface area contributed by atoms with Crippen molar-refractivity contribution in [2.45, 2.75) is 58.2 Å². The molecule has 0 aromatic rings. The molecule has 3 atom stereocenters. The average Bonchev–Trinajstić information content (AvgIpc) is 2.37. The molecule has 1 rings (SSSR count). The van der Waals surface area contributed by atoms with Crippen molar-refractivity contribution in [3.8, 4) is 0 Å². The van der Waals surface area contributed by atoms with Crippen molar-refractivity contribution in [3.63, 3.8) is 0 Å². The van der Waals surface area contributed by atoms with Crippen LogP contribution in [-0.4, -0.2) is 48.1 Å². The van der Waals surface area contributed by atoms with Crippen LogP contribution in [0.15, 0.2) is 0 Å². The monoisotopic (exact) mass is 270 g/mol. The van der Waals surface area contributed by atoms with Crippen molar-refractivity contribution in [1.82, 2.24) is 15.5 Å². The maximum Gasteiger partial charge on any atom is 0.321 e. The quantitative estimate of drug-likeness (QED) is 0.691. The van der Waals surface area contributed by atoms with Gasteiger partial charge in [-0.3, -0.25) is 15.0 Å². The summed E-state index contributed by atoms with van der Waals surface area (Å²) in [7, 11) is 0. The molecule has 0 saturated carbocycles. The average molecular weight is 270 g/mol. The summed E-state index contributed by atoms with van der Waals surface area (Å²) >= 11 is 0. The Bertz CT molecular complexity index is 322. The van der Waals surface area contributed by atoms with Gasteiger partial charge < -0.3 is 11.1 Å². The molecule has 1 aliphatic heterocycles. The highest BCUT2D eigenvalue weighted by Crippen LogP contribution is 2.24. The minimum Gasteiger partial charge on any atom is -0.338 e. The third-order valence-corrected chi connectivity index (χ3v) is 3.76. The second kappa shape index (κ2) is 7.45. The number of nitrogens with zero attached hydrogens (tertiary/aromatic N) is 1.